The van der Waals surface area contributed by atoms with Crippen molar-refractivity contribution in [1.82, 2.24) is 5.32 Å². The van der Waals surface area contributed by atoms with E-state index in [0.717, 1.165) is 43.6 Å². The molecule has 0 spiro atoms. The maximum absolute atomic E-state index is 12.4. The lowest BCUT2D eigenvalue weighted by Gasteiger charge is -2.32. The van der Waals surface area contributed by atoms with Crippen molar-refractivity contribution < 1.29 is 4.79 Å². The van der Waals surface area contributed by atoms with Gasteiger partial charge in [-0.25, -0.2) is 0 Å². The average molecular weight is 264 g/mol. The van der Waals surface area contributed by atoms with Crippen LogP contribution in [0.4, 0.5) is 0 Å². The van der Waals surface area contributed by atoms with Crippen LogP contribution in [0, 0.1) is 29.6 Å². The minimum absolute atomic E-state index is 0.155. The molecule has 0 radical (unpaired) electrons. The molecule has 0 heterocycles. The van der Waals surface area contributed by atoms with Gasteiger partial charge in [0.25, 0.3) is 0 Å². The summed E-state index contributed by atoms with van der Waals surface area (Å²) in [7, 11) is 0. The molecule has 3 N–H and O–H groups in total. The highest BCUT2D eigenvalue weighted by Gasteiger charge is 2.40. The first-order valence-electron chi connectivity index (χ1n) is 8.16. The first-order valence-corrected chi connectivity index (χ1v) is 8.16. The zero-order valence-electron chi connectivity index (χ0n) is 12.1. The summed E-state index contributed by atoms with van der Waals surface area (Å²) in [6.45, 7) is 3.12. The van der Waals surface area contributed by atoms with Crippen LogP contribution in [0.25, 0.3) is 0 Å². The van der Waals surface area contributed by atoms with E-state index in [9.17, 15) is 4.79 Å². The van der Waals surface area contributed by atoms with Crippen LogP contribution in [0.3, 0.4) is 0 Å². The third-order valence-corrected chi connectivity index (χ3v) is 6.00. The second-order valence-corrected chi connectivity index (χ2v) is 7.34. The molecular formula is C16H28N2O. The van der Waals surface area contributed by atoms with Crippen LogP contribution >= 0.6 is 0 Å². The smallest absolute Gasteiger partial charge is 0.223 e. The Balaban J connectivity index is 1.48. The van der Waals surface area contributed by atoms with Crippen LogP contribution in [0.5, 0.6) is 0 Å². The van der Waals surface area contributed by atoms with Gasteiger partial charge < -0.3 is 11.1 Å². The van der Waals surface area contributed by atoms with Crippen molar-refractivity contribution >= 4 is 5.91 Å². The summed E-state index contributed by atoms with van der Waals surface area (Å²) < 4.78 is 0. The van der Waals surface area contributed by atoms with Gasteiger partial charge in [-0.2, -0.15) is 0 Å². The third kappa shape index (κ3) is 2.81. The molecule has 0 aliphatic heterocycles. The molecule has 3 saturated carbocycles. The Morgan fingerprint density at radius 1 is 1.16 bits per heavy atom. The van der Waals surface area contributed by atoms with Gasteiger partial charge in [-0.05, 0) is 62.2 Å². The SMILES string of the molecule is CC1CCC(N)CC1C(=O)NCC1CC2CCC1C2. The summed E-state index contributed by atoms with van der Waals surface area (Å²) in [5.41, 5.74) is 6.01. The highest BCUT2D eigenvalue weighted by Crippen LogP contribution is 2.48. The minimum atomic E-state index is 0.155. The number of hydrogen-bond donors (Lipinski definition) is 2. The standard InChI is InChI=1S/C16H28N2O/c1-10-2-5-14(17)8-15(10)16(19)18-9-13-7-11-3-4-12(13)6-11/h10-15H,2-9,17H2,1H3,(H,18,19). The minimum Gasteiger partial charge on any atom is -0.356 e. The summed E-state index contributed by atoms with van der Waals surface area (Å²) >= 11 is 0. The zero-order valence-corrected chi connectivity index (χ0v) is 12.1. The first kappa shape index (κ1) is 13.4. The number of carbonyl (C=O) groups is 1. The van der Waals surface area contributed by atoms with Crippen molar-refractivity contribution in [3.05, 3.63) is 0 Å². The molecule has 3 aliphatic carbocycles. The Hall–Kier alpha value is -0.570. The fourth-order valence-electron chi connectivity index (χ4n) is 4.71. The Bertz CT molecular complexity index is 344. The van der Waals surface area contributed by atoms with E-state index in [0.29, 0.717) is 5.92 Å². The van der Waals surface area contributed by atoms with E-state index in [1.165, 1.54) is 25.7 Å². The molecule has 0 aromatic carbocycles. The van der Waals surface area contributed by atoms with E-state index in [1.807, 2.05) is 0 Å². The van der Waals surface area contributed by atoms with E-state index in [-0.39, 0.29) is 17.9 Å². The molecule has 19 heavy (non-hydrogen) atoms. The number of hydrogen-bond acceptors (Lipinski definition) is 2. The van der Waals surface area contributed by atoms with Gasteiger partial charge in [0.2, 0.25) is 5.91 Å². The maximum atomic E-state index is 12.4. The van der Waals surface area contributed by atoms with Crippen molar-refractivity contribution in [2.24, 2.45) is 35.3 Å². The molecule has 3 nitrogen and oxygen atoms in total. The molecule has 0 saturated heterocycles. The fraction of sp³-hybridized carbons (Fsp3) is 0.938. The largest absolute Gasteiger partial charge is 0.356 e. The Morgan fingerprint density at radius 2 is 2.00 bits per heavy atom. The van der Waals surface area contributed by atoms with Gasteiger partial charge in [-0.15, -0.1) is 0 Å². The molecule has 3 fully saturated rings. The quantitative estimate of drug-likeness (QED) is 0.822. The van der Waals surface area contributed by atoms with Crippen LogP contribution in [-0.2, 0) is 4.79 Å². The number of amides is 1. The molecule has 6 unspecified atom stereocenters. The lowest BCUT2D eigenvalue weighted by atomic mass is 9.77. The number of nitrogens with two attached hydrogens (primary N) is 1. The second kappa shape index (κ2) is 5.43. The highest BCUT2D eigenvalue weighted by atomic mass is 16.1. The highest BCUT2D eigenvalue weighted by molar-refractivity contribution is 5.79. The Morgan fingerprint density at radius 3 is 2.68 bits per heavy atom. The van der Waals surface area contributed by atoms with Crippen molar-refractivity contribution in [2.45, 2.75) is 57.9 Å². The van der Waals surface area contributed by atoms with Gasteiger partial charge in [0, 0.05) is 18.5 Å². The normalized spacial score (nSPS) is 45.4. The van der Waals surface area contributed by atoms with E-state index < -0.39 is 0 Å². The van der Waals surface area contributed by atoms with E-state index in [2.05, 4.69) is 12.2 Å². The van der Waals surface area contributed by atoms with E-state index in [4.69, 9.17) is 5.73 Å². The van der Waals surface area contributed by atoms with Crippen molar-refractivity contribution in [2.75, 3.05) is 6.54 Å². The lowest BCUT2D eigenvalue weighted by molar-refractivity contribution is -0.128. The molecule has 1 amide bonds. The third-order valence-electron chi connectivity index (χ3n) is 6.00. The van der Waals surface area contributed by atoms with Gasteiger partial charge >= 0.3 is 0 Å². The number of fused-ring (bicyclic) bond motifs is 2. The molecule has 3 rings (SSSR count). The van der Waals surface area contributed by atoms with E-state index >= 15 is 0 Å². The summed E-state index contributed by atoms with van der Waals surface area (Å²) in [5.74, 6) is 3.55. The lowest BCUT2D eigenvalue weighted by Crippen LogP contribution is -2.43. The predicted octanol–water partition coefficient (Wildman–Crippen LogP) is 2.30. The van der Waals surface area contributed by atoms with Crippen molar-refractivity contribution in [1.29, 1.82) is 0 Å². The molecular weight excluding hydrogens is 236 g/mol. The number of nitrogens with one attached hydrogen (secondary N) is 1. The molecule has 3 aliphatic rings. The maximum Gasteiger partial charge on any atom is 0.223 e. The van der Waals surface area contributed by atoms with Gasteiger partial charge in [0.15, 0.2) is 0 Å². The van der Waals surface area contributed by atoms with Crippen LogP contribution in [0.1, 0.15) is 51.9 Å². The van der Waals surface area contributed by atoms with Gasteiger partial charge in [-0.3, -0.25) is 4.79 Å². The van der Waals surface area contributed by atoms with Gasteiger partial charge in [0.05, 0.1) is 0 Å². The fourth-order valence-corrected chi connectivity index (χ4v) is 4.71. The molecule has 108 valence electrons. The molecule has 6 atom stereocenters. The molecule has 0 aromatic heterocycles. The van der Waals surface area contributed by atoms with Crippen molar-refractivity contribution in [3.8, 4) is 0 Å². The first-order chi connectivity index (χ1) is 9.13. The zero-order chi connectivity index (χ0) is 13.4. The van der Waals surface area contributed by atoms with Crippen LogP contribution in [0.2, 0.25) is 0 Å². The van der Waals surface area contributed by atoms with Gasteiger partial charge in [0.1, 0.15) is 0 Å². The van der Waals surface area contributed by atoms with Crippen molar-refractivity contribution in [3.63, 3.8) is 0 Å². The number of carbonyl (C=O) groups excluding carboxylic acids is 1. The second-order valence-electron chi connectivity index (χ2n) is 7.34. The summed E-state index contributed by atoms with van der Waals surface area (Å²) in [4.78, 5) is 12.4. The van der Waals surface area contributed by atoms with Gasteiger partial charge in [-0.1, -0.05) is 13.3 Å². The monoisotopic (exact) mass is 264 g/mol. The molecule has 0 aromatic rings. The topological polar surface area (TPSA) is 55.1 Å². The summed E-state index contributed by atoms with van der Waals surface area (Å²) in [6, 6.07) is 0.231. The van der Waals surface area contributed by atoms with Crippen LogP contribution in [-0.4, -0.2) is 18.5 Å². The summed E-state index contributed by atoms with van der Waals surface area (Å²) in [6.07, 6.45) is 8.67. The van der Waals surface area contributed by atoms with Crippen LogP contribution in [0.15, 0.2) is 0 Å². The Labute approximate surface area is 116 Å². The predicted molar refractivity (Wildman–Crippen MR) is 76.4 cm³/mol. The molecule has 3 heteroatoms. The summed E-state index contributed by atoms with van der Waals surface area (Å²) in [5, 5.41) is 3.24. The number of rotatable bonds is 3. The van der Waals surface area contributed by atoms with Crippen LogP contribution < -0.4 is 11.1 Å². The average Bonchev–Trinajstić information content (AvgIpc) is 3.01. The molecule has 2 bridgehead atoms. The van der Waals surface area contributed by atoms with E-state index in [1.54, 1.807) is 0 Å². The Kier molecular flexibility index (Phi) is 3.84.